The van der Waals surface area contributed by atoms with Gasteiger partial charge >= 0.3 is 0 Å². The third-order valence-electron chi connectivity index (χ3n) is 2.98. The molecule has 1 heterocycles. The van der Waals surface area contributed by atoms with Crippen LogP contribution < -0.4 is 5.73 Å². The fourth-order valence-corrected chi connectivity index (χ4v) is 1.71. The van der Waals surface area contributed by atoms with Crippen molar-refractivity contribution < 1.29 is 4.42 Å². The van der Waals surface area contributed by atoms with Gasteiger partial charge in [0.1, 0.15) is 5.52 Å². The molecule has 0 saturated carbocycles. The molecule has 0 bridgehead atoms. The normalized spacial score (nSPS) is 14.2. The van der Waals surface area contributed by atoms with Crippen LogP contribution >= 0.6 is 0 Å². The standard InChI is InChI=1S/C14H20N2O/c1-9(8-15)10-5-6-12-11(7-10)16-13(17-12)14(2,3)4/h5-7,9H,8,15H2,1-4H3. The van der Waals surface area contributed by atoms with Crippen molar-refractivity contribution in [2.24, 2.45) is 5.73 Å². The molecular formula is C14H20N2O. The number of hydrogen-bond donors (Lipinski definition) is 1. The summed E-state index contributed by atoms with van der Waals surface area (Å²) in [5.74, 6) is 1.14. The van der Waals surface area contributed by atoms with E-state index in [1.165, 1.54) is 5.56 Å². The van der Waals surface area contributed by atoms with E-state index >= 15 is 0 Å². The monoisotopic (exact) mass is 232 g/mol. The molecule has 2 rings (SSSR count). The Kier molecular flexibility index (Phi) is 2.96. The third-order valence-corrected chi connectivity index (χ3v) is 2.98. The zero-order chi connectivity index (χ0) is 12.6. The van der Waals surface area contributed by atoms with E-state index in [9.17, 15) is 0 Å². The van der Waals surface area contributed by atoms with Gasteiger partial charge in [0.05, 0.1) is 0 Å². The van der Waals surface area contributed by atoms with E-state index < -0.39 is 0 Å². The molecule has 3 heteroatoms. The molecule has 0 saturated heterocycles. The number of nitrogens with zero attached hydrogens (tertiary/aromatic N) is 1. The summed E-state index contributed by atoms with van der Waals surface area (Å²) in [4.78, 5) is 4.55. The number of aromatic nitrogens is 1. The van der Waals surface area contributed by atoms with Crippen molar-refractivity contribution >= 4 is 11.1 Å². The first-order chi connectivity index (χ1) is 7.91. The number of rotatable bonds is 2. The van der Waals surface area contributed by atoms with Crippen molar-refractivity contribution in [3.8, 4) is 0 Å². The summed E-state index contributed by atoms with van der Waals surface area (Å²) < 4.78 is 5.76. The van der Waals surface area contributed by atoms with Crippen LogP contribution in [0.3, 0.4) is 0 Å². The molecule has 17 heavy (non-hydrogen) atoms. The average Bonchev–Trinajstić information content (AvgIpc) is 2.70. The Labute approximate surface area is 102 Å². The van der Waals surface area contributed by atoms with Gasteiger partial charge in [0.25, 0.3) is 0 Å². The fraction of sp³-hybridized carbons (Fsp3) is 0.500. The van der Waals surface area contributed by atoms with Crippen molar-refractivity contribution in [1.29, 1.82) is 0 Å². The summed E-state index contributed by atoms with van der Waals surface area (Å²) in [5, 5.41) is 0. The highest BCUT2D eigenvalue weighted by molar-refractivity contribution is 5.73. The lowest BCUT2D eigenvalue weighted by atomic mass is 9.97. The first-order valence-corrected chi connectivity index (χ1v) is 6.03. The predicted octanol–water partition coefficient (Wildman–Crippen LogP) is 3.19. The maximum Gasteiger partial charge on any atom is 0.200 e. The van der Waals surface area contributed by atoms with Crippen LogP contribution in [0.2, 0.25) is 0 Å². The molecule has 1 atom stereocenters. The van der Waals surface area contributed by atoms with Gasteiger partial charge in [-0.15, -0.1) is 0 Å². The highest BCUT2D eigenvalue weighted by Crippen LogP contribution is 2.27. The van der Waals surface area contributed by atoms with Gasteiger partial charge in [0, 0.05) is 5.41 Å². The minimum Gasteiger partial charge on any atom is -0.440 e. The van der Waals surface area contributed by atoms with Crippen LogP contribution in [0.5, 0.6) is 0 Å². The van der Waals surface area contributed by atoms with E-state index in [-0.39, 0.29) is 5.41 Å². The summed E-state index contributed by atoms with van der Waals surface area (Å²) in [7, 11) is 0. The topological polar surface area (TPSA) is 52.0 Å². The molecule has 0 radical (unpaired) electrons. The molecule has 0 amide bonds. The van der Waals surface area contributed by atoms with Crippen LogP contribution in [-0.4, -0.2) is 11.5 Å². The Bertz CT molecular complexity index is 522. The Balaban J connectivity index is 2.48. The molecule has 0 aliphatic carbocycles. The SMILES string of the molecule is CC(CN)c1ccc2oc(C(C)(C)C)nc2c1. The summed E-state index contributed by atoms with van der Waals surface area (Å²) >= 11 is 0. The lowest BCUT2D eigenvalue weighted by Crippen LogP contribution is -2.11. The van der Waals surface area contributed by atoms with Gasteiger partial charge in [-0.2, -0.15) is 0 Å². The van der Waals surface area contributed by atoms with Crippen LogP contribution in [0.4, 0.5) is 0 Å². The van der Waals surface area contributed by atoms with Gasteiger partial charge in [-0.3, -0.25) is 0 Å². The van der Waals surface area contributed by atoms with Gasteiger partial charge in [0.15, 0.2) is 5.58 Å². The molecule has 1 unspecified atom stereocenters. The van der Waals surface area contributed by atoms with Crippen molar-refractivity contribution in [2.75, 3.05) is 6.54 Å². The Hall–Kier alpha value is -1.35. The second-order valence-electron chi connectivity index (χ2n) is 5.63. The van der Waals surface area contributed by atoms with Gasteiger partial charge in [0.2, 0.25) is 5.89 Å². The van der Waals surface area contributed by atoms with E-state index in [1.807, 2.05) is 6.07 Å². The summed E-state index contributed by atoms with van der Waals surface area (Å²) in [6.07, 6.45) is 0. The summed E-state index contributed by atoms with van der Waals surface area (Å²) in [6.45, 7) is 9.06. The Morgan fingerprint density at radius 2 is 2.06 bits per heavy atom. The number of hydrogen-bond acceptors (Lipinski definition) is 3. The second kappa shape index (κ2) is 4.15. The molecule has 2 N–H and O–H groups in total. The smallest absolute Gasteiger partial charge is 0.200 e. The summed E-state index contributed by atoms with van der Waals surface area (Å²) in [5.41, 5.74) is 8.61. The molecule has 0 aliphatic heterocycles. The van der Waals surface area contributed by atoms with E-state index in [4.69, 9.17) is 10.2 Å². The lowest BCUT2D eigenvalue weighted by Gasteiger charge is -2.11. The fourth-order valence-electron chi connectivity index (χ4n) is 1.71. The van der Waals surface area contributed by atoms with Gasteiger partial charge in [-0.25, -0.2) is 4.98 Å². The highest BCUT2D eigenvalue weighted by Gasteiger charge is 2.21. The first-order valence-electron chi connectivity index (χ1n) is 6.03. The number of nitrogens with two attached hydrogens (primary N) is 1. The van der Waals surface area contributed by atoms with Crippen LogP contribution in [-0.2, 0) is 5.41 Å². The molecule has 0 aliphatic rings. The second-order valence-corrected chi connectivity index (χ2v) is 5.63. The van der Waals surface area contributed by atoms with Gasteiger partial charge in [-0.05, 0) is 30.2 Å². The molecule has 0 spiro atoms. The lowest BCUT2D eigenvalue weighted by molar-refractivity contribution is 0.411. The maximum atomic E-state index is 5.76. The molecule has 92 valence electrons. The maximum absolute atomic E-state index is 5.76. The predicted molar refractivity (Wildman–Crippen MR) is 70.2 cm³/mol. The zero-order valence-electron chi connectivity index (χ0n) is 10.9. The average molecular weight is 232 g/mol. The molecule has 0 fully saturated rings. The zero-order valence-corrected chi connectivity index (χ0v) is 10.9. The van der Waals surface area contributed by atoms with E-state index in [2.05, 4.69) is 44.8 Å². The molecular weight excluding hydrogens is 212 g/mol. The minimum atomic E-state index is -0.0569. The minimum absolute atomic E-state index is 0.0569. The first kappa shape index (κ1) is 12.1. The van der Waals surface area contributed by atoms with Crippen LogP contribution in [0, 0.1) is 0 Å². The molecule has 1 aromatic heterocycles. The number of fused-ring (bicyclic) bond motifs is 1. The number of benzene rings is 1. The quantitative estimate of drug-likeness (QED) is 0.865. The van der Waals surface area contributed by atoms with Crippen molar-refractivity contribution in [2.45, 2.75) is 39.0 Å². The van der Waals surface area contributed by atoms with Crippen molar-refractivity contribution in [3.05, 3.63) is 29.7 Å². The largest absolute Gasteiger partial charge is 0.440 e. The van der Waals surface area contributed by atoms with Gasteiger partial charge in [-0.1, -0.05) is 33.8 Å². The highest BCUT2D eigenvalue weighted by atomic mass is 16.3. The van der Waals surface area contributed by atoms with E-state index in [0.717, 1.165) is 17.0 Å². The number of oxazole rings is 1. The third kappa shape index (κ3) is 2.34. The van der Waals surface area contributed by atoms with E-state index in [1.54, 1.807) is 0 Å². The Morgan fingerprint density at radius 1 is 1.35 bits per heavy atom. The van der Waals surface area contributed by atoms with Crippen LogP contribution in [0.1, 0.15) is 45.1 Å². The van der Waals surface area contributed by atoms with Crippen molar-refractivity contribution in [1.82, 2.24) is 4.98 Å². The van der Waals surface area contributed by atoms with E-state index in [0.29, 0.717) is 12.5 Å². The molecule has 2 aromatic rings. The van der Waals surface area contributed by atoms with Gasteiger partial charge < -0.3 is 10.2 Å². The summed E-state index contributed by atoms with van der Waals surface area (Å²) in [6, 6.07) is 6.13. The van der Waals surface area contributed by atoms with Crippen molar-refractivity contribution in [3.63, 3.8) is 0 Å². The van der Waals surface area contributed by atoms with Crippen LogP contribution in [0.15, 0.2) is 22.6 Å². The molecule has 1 aromatic carbocycles. The Morgan fingerprint density at radius 3 is 2.65 bits per heavy atom. The van der Waals surface area contributed by atoms with Crippen LogP contribution in [0.25, 0.3) is 11.1 Å². The molecule has 3 nitrogen and oxygen atoms in total.